The minimum absolute atomic E-state index is 0.283. The summed E-state index contributed by atoms with van der Waals surface area (Å²) in [7, 11) is 1.81. The van der Waals surface area contributed by atoms with Crippen LogP contribution in [-0.2, 0) is 9.59 Å². The van der Waals surface area contributed by atoms with Crippen molar-refractivity contribution in [3.05, 3.63) is 60.4 Å². The van der Waals surface area contributed by atoms with Crippen LogP contribution in [0.4, 0.5) is 0 Å². The van der Waals surface area contributed by atoms with Crippen molar-refractivity contribution in [2.24, 2.45) is 0 Å². The van der Waals surface area contributed by atoms with Gasteiger partial charge < -0.3 is 24.5 Å². The van der Waals surface area contributed by atoms with E-state index in [-0.39, 0.29) is 5.92 Å². The monoisotopic (exact) mass is 525 g/mol. The summed E-state index contributed by atoms with van der Waals surface area (Å²) in [5.41, 5.74) is 3.14. The van der Waals surface area contributed by atoms with Crippen molar-refractivity contribution in [2.75, 3.05) is 20.1 Å². The Morgan fingerprint density at radius 2 is 1.84 bits per heavy atom. The second-order valence-corrected chi connectivity index (χ2v) is 9.42. The van der Waals surface area contributed by atoms with Gasteiger partial charge in [-0.1, -0.05) is 44.6 Å². The number of amides is 1. The van der Waals surface area contributed by atoms with E-state index in [1.54, 1.807) is 6.20 Å². The number of hydrogen-bond donors (Lipinski definition) is 2. The van der Waals surface area contributed by atoms with Gasteiger partial charge >= 0.3 is 0 Å². The van der Waals surface area contributed by atoms with Crippen molar-refractivity contribution in [3.63, 3.8) is 0 Å². The zero-order valence-electron chi connectivity index (χ0n) is 24.1. The third-order valence-corrected chi connectivity index (χ3v) is 6.34. The zero-order valence-corrected chi connectivity index (χ0v) is 24.1. The Kier molecular flexibility index (Phi) is 16.1. The van der Waals surface area contributed by atoms with Crippen LogP contribution in [0.3, 0.4) is 0 Å². The molecule has 1 aliphatic heterocycles. The number of benzene rings is 1. The molecule has 3 aromatic rings. The van der Waals surface area contributed by atoms with Crippen molar-refractivity contribution in [1.29, 1.82) is 0 Å². The van der Waals surface area contributed by atoms with Gasteiger partial charge in [0.15, 0.2) is 0 Å². The van der Waals surface area contributed by atoms with Crippen LogP contribution in [0.15, 0.2) is 47.6 Å². The van der Waals surface area contributed by atoms with Gasteiger partial charge in [0, 0.05) is 44.5 Å². The summed E-state index contributed by atoms with van der Waals surface area (Å²) in [4.78, 5) is 31.0. The van der Waals surface area contributed by atoms with Gasteiger partial charge in [-0.05, 0) is 64.3 Å². The number of carbonyl (C=O) groups excluding carboxylic acids is 2. The quantitative estimate of drug-likeness (QED) is 0.341. The Morgan fingerprint density at radius 1 is 1.21 bits per heavy atom. The number of aldehydes is 1. The molecule has 1 amide bonds. The van der Waals surface area contributed by atoms with E-state index in [2.05, 4.69) is 47.8 Å². The minimum Gasteiger partial charge on any atom is -0.394 e. The standard InChI is InChI=1S/C17H23N3O.C8H13NO.C3H7N.C2H4O/c1-13(9-10-16(21)20-11-5-2-6-12-20)17-18-14-7-3-4-8-15(14)19-17;1-4-6(2)8-5-7(3)10-9-8;1-3-4-2;1-2-3/h3-4,7-8,13H,2,5-6,9-12H2,1H3,(H,18,19);5-6H,4H2,1-3H3;3-4H,1H2,2H3;2H,1H3. The summed E-state index contributed by atoms with van der Waals surface area (Å²) < 4.78 is 4.94. The van der Waals surface area contributed by atoms with Crippen molar-refractivity contribution >= 4 is 23.2 Å². The molecule has 2 unspecified atom stereocenters. The molecule has 0 radical (unpaired) electrons. The van der Waals surface area contributed by atoms with Crippen LogP contribution in [0.2, 0.25) is 0 Å². The van der Waals surface area contributed by atoms with Crippen LogP contribution in [-0.4, -0.2) is 52.4 Å². The molecule has 0 saturated carbocycles. The van der Waals surface area contributed by atoms with Crippen molar-refractivity contribution in [1.82, 2.24) is 25.3 Å². The van der Waals surface area contributed by atoms with Gasteiger partial charge in [-0.2, -0.15) is 0 Å². The molecule has 8 nitrogen and oxygen atoms in total. The molecule has 1 fully saturated rings. The summed E-state index contributed by atoms with van der Waals surface area (Å²) in [5.74, 6) is 3.00. The largest absolute Gasteiger partial charge is 0.394 e. The third kappa shape index (κ3) is 11.8. The van der Waals surface area contributed by atoms with E-state index in [0.29, 0.717) is 18.2 Å². The van der Waals surface area contributed by atoms with Crippen molar-refractivity contribution in [2.45, 2.75) is 85.0 Å². The number of piperidine rings is 1. The van der Waals surface area contributed by atoms with Crippen LogP contribution < -0.4 is 5.32 Å². The fourth-order valence-electron chi connectivity index (χ4n) is 3.81. The molecule has 8 heteroatoms. The Labute approximate surface area is 228 Å². The first kappa shape index (κ1) is 32.6. The first-order chi connectivity index (χ1) is 18.3. The number of carbonyl (C=O) groups is 2. The Bertz CT molecular complexity index is 1040. The molecular formula is C30H47N5O3. The Balaban J connectivity index is 0.000000353. The molecule has 1 aromatic carbocycles. The fourth-order valence-corrected chi connectivity index (χ4v) is 3.81. The van der Waals surface area contributed by atoms with Gasteiger partial charge in [-0.3, -0.25) is 4.79 Å². The average molecular weight is 526 g/mol. The van der Waals surface area contributed by atoms with E-state index in [9.17, 15) is 4.79 Å². The molecule has 2 aromatic heterocycles. The first-order valence-electron chi connectivity index (χ1n) is 13.6. The van der Waals surface area contributed by atoms with Gasteiger partial charge in [-0.15, -0.1) is 0 Å². The number of imidazole rings is 1. The molecule has 2 N–H and O–H groups in total. The summed E-state index contributed by atoms with van der Waals surface area (Å²) >= 11 is 0. The number of H-pyrrole nitrogens is 1. The molecule has 38 heavy (non-hydrogen) atoms. The minimum atomic E-state index is 0.283. The molecule has 0 aliphatic carbocycles. The number of nitrogens with zero attached hydrogens (tertiary/aromatic N) is 3. The first-order valence-corrected chi connectivity index (χ1v) is 13.6. The second kappa shape index (κ2) is 18.8. The SMILES string of the molecule is C=CNC.CC(CCC(=O)N1CCCCC1)c1nc2ccccc2[nH]1.CC=O.CCC(C)c1cc(C)on1. The highest BCUT2D eigenvalue weighted by Gasteiger charge is 2.18. The van der Waals surface area contributed by atoms with Crippen LogP contribution in [0, 0.1) is 6.92 Å². The number of hydrogen-bond acceptors (Lipinski definition) is 6. The lowest BCUT2D eigenvalue weighted by Crippen LogP contribution is -2.35. The zero-order chi connectivity index (χ0) is 28.3. The van der Waals surface area contributed by atoms with E-state index in [0.717, 1.165) is 73.4 Å². The van der Waals surface area contributed by atoms with Crippen LogP contribution in [0.1, 0.15) is 95.3 Å². The maximum absolute atomic E-state index is 12.2. The van der Waals surface area contributed by atoms with E-state index in [1.807, 2.05) is 49.2 Å². The number of fused-ring (bicyclic) bond motifs is 1. The maximum Gasteiger partial charge on any atom is 0.222 e. The molecule has 1 saturated heterocycles. The lowest BCUT2D eigenvalue weighted by atomic mass is 10.0. The van der Waals surface area contributed by atoms with Crippen LogP contribution in [0.25, 0.3) is 11.0 Å². The number of rotatable bonds is 7. The van der Waals surface area contributed by atoms with Crippen LogP contribution in [0.5, 0.6) is 0 Å². The molecule has 210 valence electrons. The summed E-state index contributed by atoms with van der Waals surface area (Å²) in [6.45, 7) is 15.1. The topological polar surface area (TPSA) is 104 Å². The lowest BCUT2D eigenvalue weighted by molar-refractivity contribution is -0.132. The molecule has 0 spiro atoms. The fraction of sp³-hybridized carbons (Fsp3) is 0.533. The van der Waals surface area contributed by atoms with Gasteiger partial charge in [0.25, 0.3) is 0 Å². The number of nitrogens with one attached hydrogen (secondary N) is 2. The van der Waals surface area contributed by atoms with Crippen LogP contribution >= 0.6 is 0 Å². The number of para-hydroxylation sites is 2. The average Bonchev–Trinajstić information content (AvgIpc) is 3.59. The predicted molar refractivity (Wildman–Crippen MR) is 155 cm³/mol. The van der Waals surface area contributed by atoms with E-state index < -0.39 is 0 Å². The lowest BCUT2D eigenvalue weighted by Gasteiger charge is -2.27. The van der Waals surface area contributed by atoms with Gasteiger partial charge in [0.05, 0.1) is 16.7 Å². The van der Waals surface area contributed by atoms with E-state index >= 15 is 0 Å². The van der Waals surface area contributed by atoms with Gasteiger partial charge in [0.1, 0.15) is 17.9 Å². The van der Waals surface area contributed by atoms with E-state index in [1.165, 1.54) is 13.3 Å². The van der Waals surface area contributed by atoms with Crippen molar-refractivity contribution in [3.8, 4) is 0 Å². The second-order valence-electron chi connectivity index (χ2n) is 9.42. The smallest absolute Gasteiger partial charge is 0.222 e. The summed E-state index contributed by atoms with van der Waals surface area (Å²) in [6, 6.07) is 10.1. The predicted octanol–water partition coefficient (Wildman–Crippen LogP) is 6.51. The van der Waals surface area contributed by atoms with Gasteiger partial charge in [-0.25, -0.2) is 4.98 Å². The molecule has 0 bridgehead atoms. The van der Waals surface area contributed by atoms with Crippen molar-refractivity contribution < 1.29 is 14.1 Å². The molecular weight excluding hydrogens is 478 g/mol. The Morgan fingerprint density at radius 3 is 2.37 bits per heavy atom. The molecule has 3 heterocycles. The highest BCUT2D eigenvalue weighted by molar-refractivity contribution is 5.76. The molecule has 1 aliphatic rings. The number of aromatic amines is 1. The maximum atomic E-state index is 12.2. The Hall–Kier alpha value is -3.42. The third-order valence-electron chi connectivity index (χ3n) is 6.34. The molecule has 2 atom stereocenters. The molecule has 4 rings (SSSR count). The van der Waals surface area contributed by atoms with Gasteiger partial charge in [0.2, 0.25) is 5.91 Å². The summed E-state index contributed by atoms with van der Waals surface area (Å²) in [6.07, 6.45) is 8.55. The highest BCUT2D eigenvalue weighted by atomic mass is 16.5. The van der Waals surface area contributed by atoms with E-state index in [4.69, 9.17) is 9.32 Å². The highest BCUT2D eigenvalue weighted by Crippen LogP contribution is 2.22. The number of likely N-dealkylation sites (tertiary alicyclic amines) is 1. The normalized spacial score (nSPS) is 13.9. The number of aromatic nitrogens is 3. The number of aryl methyl sites for hydroxylation is 1. The summed E-state index contributed by atoms with van der Waals surface area (Å²) in [5, 5.41) is 6.61.